The number of methoxy groups -OCH3 is 1. The highest BCUT2D eigenvalue weighted by molar-refractivity contribution is 6.67. The van der Waals surface area contributed by atoms with Gasteiger partial charge in [0.15, 0.2) is 11.4 Å². The van der Waals surface area contributed by atoms with E-state index in [2.05, 4.69) is 9.72 Å². The molecule has 1 heterocycles. The van der Waals surface area contributed by atoms with Gasteiger partial charge >= 0.3 is 6.36 Å². The molecule has 0 saturated heterocycles. The summed E-state index contributed by atoms with van der Waals surface area (Å²) in [5.74, 6) is -0.751. The molecule has 0 N–H and O–H groups in total. The van der Waals surface area contributed by atoms with Crippen LogP contribution in [0.1, 0.15) is 16.1 Å². The maximum Gasteiger partial charge on any atom is 0.573 e. The number of pyridine rings is 1. The SMILES string of the molecule is COc1cc(C)c(OC(F)(F)F)c(C(=O)Cl)n1. The van der Waals surface area contributed by atoms with Gasteiger partial charge in [0.25, 0.3) is 5.24 Å². The molecule has 0 amide bonds. The molecule has 1 aromatic rings. The van der Waals surface area contributed by atoms with E-state index in [0.29, 0.717) is 0 Å². The minimum absolute atomic E-state index is 0.0268. The van der Waals surface area contributed by atoms with Gasteiger partial charge in [-0.1, -0.05) is 0 Å². The average molecular weight is 270 g/mol. The fourth-order valence-electron chi connectivity index (χ4n) is 1.11. The molecule has 1 aromatic heterocycles. The number of halogens is 4. The van der Waals surface area contributed by atoms with E-state index in [1.807, 2.05) is 0 Å². The van der Waals surface area contributed by atoms with Crippen LogP contribution in [0, 0.1) is 6.92 Å². The fourth-order valence-corrected chi connectivity index (χ4v) is 1.24. The molecule has 8 heteroatoms. The fraction of sp³-hybridized carbons (Fsp3) is 0.333. The molecule has 0 aliphatic rings. The van der Waals surface area contributed by atoms with Crippen LogP contribution in [0.5, 0.6) is 11.6 Å². The normalized spacial score (nSPS) is 11.2. The van der Waals surface area contributed by atoms with Crippen molar-refractivity contribution in [3.8, 4) is 11.6 Å². The molecule has 0 aliphatic heterocycles. The van der Waals surface area contributed by atoms with E-state index in [9.17, 15) is 18.0 Å². The molecule has 0 saturated carbocycles. The van der Waals surface area contributed by atoms with E-state index in [-0.39, 0.29) is 11.4 Å². The average Bonchev–Trinajstić information content (AvgIpc) is 2.18. The largest absolute Gasteiger partial charge is 0.573 e. The maximum atomic E-state index is 12.1. The van der Waals surface area contributed by atoms with Crippen molar-refractivity contribution in [2.75, 3.05) is 7.11 Å². The Morgan fingerprint density at radius 3 is 2.47 bits per heavy atom. The number of hydrogen-bond donors (Lipinski definition) is 0. The Morgan fingerprint density at radius 1 is 1.47 bits per heavy atom. The number of rotatable bonds is 3. The maximum absolute atomic E-state index is 12.1. The van der Waals surface area contributed by atoms with Crippen molar-refractivity contribution in [3.63, 3.8) is 0 Å². The number of hydrogen-bond acceptors (Lipinski definition) is 4. The van der Waals surface area contributed by atoms with E-state index in [0.717, 1.165) is 0 Å². The van der Waals surface area contributed by atoms with Crippen molar-refractivity contribution < 1.29 is 27.4 Å². The summed E-state index contributed by atoms with van der Waals surface area (Å²) in [6.07, 6.45) is -4.93. The lowest BCUT2D eigenvalue weighted by molar-refractivity contribution is -0.275. The van der Waals surface area contributed by atoms with Crippen LogP contribution in [0.3, 0.4) is 0 Å². The van der Waals surface area contributed by atoms with Crippen LogP contribution in [0.4, 0.5) is 13.2 Å². The van der Waals surface area contributed by atoms with Gasteiger partial charge in [-0.05, 0) is 24.1 Å². The van der Waals surface area contributed by atoms with Crippen molar-refractivity contribution in [1.82, 2.24) is 4.98 Å². The number of aromatic nitrogens is 1. The van der Waals surface area contributed by atoms with E-state index in [4.69, 9.17) is 16.3 Å². The van der Waals surface area contributed by atoms with E-state index < -0.39 is 23.0 Å². The Bertz CT molecular complexity index is 448. The van der Waals surface area contributed by atoms with Crippen LogP contribution in [0.25, 0.3) is 0 Å². The zero-order valence-electron chi connectivity index (χ0n) is 8.76. The van der Waals surface area contributed by atoms with Gasteiger partial charge in [-0.2, -0.15) is 0 Å². The van der Waals surface area contributed by atoms with E-state index in [1.165, 1.54) is 20.1 Å². The van der Waals surface area contributed by atoms with Gasteiger partial charge in [0.2, 0.25) is 5.88 Å². The monoisotopic (exact) mass is 269 g/mol. The van der Waals surface area contributed by atoms with Crippen molar-refractivity contribution in [2.45, 2.75) is 13.3 Å². The molecule has 0 bridgehead atoms. The van der Waals surface area contributed by atoms with Gasteiger partial charge in [0, 0.05) is 6.07 Å². The van der Waals surface area contributed by atoms with E-state index >= 15 is 0 Å². The smallest absolute Gasteiger partial charge is 0.481 e. The standard InChI is InChI=1S/C9H7ClF3NO3/c1-4-3-5(16-2)14-6(8(10)15)7(4)17-9(11,12)13/h3H,1-2H3. The summed E-state index contributed by atoms with van der Waals surface area (Å²) in [6, 6.07) is 1.20. The highest BCUT2D eigenvalue weighted by Crippen LogP contribution is 2.31. The van der Waals surface area contributed by atoms with Crippen molar-refractivity contribution in [2.24, 2.45) is 0 Å². The predicted octanol–water partition coefficient (Wildman–Crippen LogP) is 2.68. The summed E-state index contributed by atoms with van der Waals surface area (Å²) in [5.41, 5.74) is -0.598. The van der Waals surface area contributed by atoms with Gasteiger partial charge in [0.1, 0.15) is 0 Å². The molecule has 0 radical (unpaired) electrons. The molecule has 0 aliphatic carbocycles. The molecule has 0 fully saturated rings. The summed E-state index contributed by atoms with van der Waals surface area (Å²) >= 11 is 5.13. The van der Waals surface area contributed by atoms with Crippen LogP contribution in [-0.2, 0) is 0 Å². The third-order valence-electron chi connectivity index (χ3n) is 1.75. The Morgan fingerprint density at radius 2 is 2.06 bits per heavy atom. The molecule has 4 nitrogen and oxygen atoms in total. The summed E-state index contributed by atoms with van der Waals surface area (Å²) in [7, 11) is 1.26. The second kappa shape index (κ2) is 4.79. The molecule has 0 spiro atoms. The van der Waals surface area contributed by atoms with Crippen LogP contribution in [0.2, 0.25) is 0 Å². The van der Waals surface area contributed by atoms with Gasteiger partial charge in [0.05, 0.1) is 7.11 Å². The van der Waals surface area contributed by atoms with Crippen molar-refractivity contribution >= 4 is 16.8 Å². The number of carbonyl (C=O) groups excluding carboxylic acids is 1. The first kappa shape index (κ1) is 13.6. The molecular formula is C9H7ClF3NO3. The number of aryl methyl sites for hydroxylation is 1. The lowest BCUT2D eigenvalue weighted by Crippen LogP contribution is -2.20. The van der Waals surface area contributed by atoms with Crippen molar-refractivity contribution in [3.05, 3.63) is 17.3 Å². The zero-order chi connectivity index (χ0) is 13.2. The Balaban J connectivity index is 3.32. The second-order valence-electron chi connectivity index (χ2n) is 2.98. The second-order valence-corrected chi connectivity index (χ2v) is 3.32. The third kappa shape index (κ3) is 3.48. The highest BCUT2D eigenvalue weighted by atomic mass is 35.5. The summed E-state index contributed by atoms with van der Waals surface area (Å²) in [4.78, 5) is 14.5. The topological polar surface area (TPSA) is 48.4 Å². The van der Waals surface area contributed by atoms with Gasteiger partial charge in [-0.15, -0.1) is 13.2 Å². The Kier molecular flexibility index (Phi) is 3.82. The van der Waals surface area contributed by atoms with Crippen LogP contribution in [-0.4, -0.2) is 23.7 Å². The first-order valence-electron chi connectivity index (χ1n) is 4.26. The Hall–Kier alpha value is -1.50. The summed E-state index contributed by atoms with van der Waals surface area (Å²) in [5, 5.41) is -1.16. The van der Waals surface area contributed by atoms with Gasteiger partial charge < -0.3 is 9.47 Å². The number of carbonyl (C=O) groups is 1. The van der Waals surface area contributed by atoms with Crippen molar-refractivity contribution in [1.29, 1.82) is 0 Å². The number of nitrogens with zero attached hydrogens (tertiary/aromatic N) is 1. The minimum Gasteiger partial charge on any atom is -0.481 e. The lowest BCUT2D eigenvalue weighted by atomic mass is 10.2. The zero-order valence-corrected chi connectivity index (χ0v) is 9.52. The van der Waals surface area contributed by atoms with E-state index in [1.54, 1.807) is 0 Å². The molecule has 0 atom stereocenters. The Labute approximate surface area is 99.3 Å². The van der Waals surface area contributed by atoms with Crippen LogP contribution < -0.4 is 9.47 Å². The molecule has 1 rings (SSSR count). The summed E-state index contributed by atoms with van der Waals surface area (Å²) in [6.45, 7) is 1.31. The lowest BCUT2D eigenvalue weighted by Gasteiger charge is -2.14. The minimum atomic E-state index is -4.93. The quantitative estimate of drug-likeness (QED) is 0.792. The predicted molar refractivity (Wildman–Crippen MR) is 52.4 cm³/mol. The first-order valence-corrected chi connectivity index (χ1v) is 4.63. The number of ether oxygens (including phenoxy) is 2. The highest BCUT2D eigenvalue weighted by Gasteiger charge is 2.34. The molecule has 0 aromatic carbocycles. The molecule has 94 valence electrons. The van der Waals surface area contributed by atoms with Gasteiger partial charge in [-0.25, -0.2) is 4.98 Å². The van der Waals surface area contributed by atoms with Gasteiger partial charge in [-0.3, -0.25) is 4.79 Å². The molecule has 17 heavy (non-hydrogen) atoms. The van der Waals surface area contributed by atoms with Crippen LogP contribution >= 0.6 is 11.6 Å². The third-order valence-corrected chi connectivity index (χ3v) is 1.93. The molecule has 0 unspecified atom stereocenters. The summed E-state index contributed by atoms with van der Waals surface area (Å²) < 4.78 is 44.7. The first-order chi connectivity index (χ1) is 7.74. The molecular weight excluding hydrogens is 263 g/mol. The van der Waals surface area contributed by atoms with Crippen LogP contribution in [0.15, 0.2) is 6.07 Å². The number of alkyl halides is 3.